The van der Waals surface area contributed by atoms with Crippen molar-refractivity contribution in [3.05, 3.63) is 82.9 Å². The third-order valence-corrected chi connectivity index (χ3v) is 5.25. The molecule has 0 N–H and O–H groups in total. The zero-order valence-corrected chi connectivity index (χ0v) is 15.6. The van der Waals surface area contributed by atoms with Crippen molar-refractivity contribution in [2.24, 2.45) is 0 Å². The fourth-order valence-corrected chi connectivity index (χ4v) is 4.10. The number of rotatable bonds is 4. The second-order valence-electron chi connectivity index (χ2n) is 6.97. The van der Waals surface area contributed by atoms with E-state index in [0.717, 1.165) is 24.3 Å². The first-order valence-electron chi connectivity index (χ1n) is 9.16. The number of fused-ring (bicyclic) bond motifs is 1. The topological polar surface area (TPSA) is 18.5 Å². The maximum absolute atomic E-state index is 6.27. The van der Waals surface area contributed by atoms with Crippen LogP contribution in [0.5, 0.6) is 11.5 Å². The summed E-state index contributed by atoms with van der Waals surface area (Å²) in [6.45, 7) is 4.33. The van der Waals surface area contributed by atoms with Gasteiger partial charge in [-0.25, -0.2) is 0 Å². The molecule has 0 heterocycles. The van der Waals surface area contributed by atoms with E-state index >= 15 is 0 Å². The molecule has 0 fully saturated rings. The number of methoxy groups -OCH3 is 1. The molecule has 0 bridgehead atoms. The van der Waals surface area contributed by atoms with Crippen LogP contribution in [0.25, 0.3) is 11.1 Å². The van der Waals surface area contributed by atoms with E-state index in [4.69, 9.17) is 9.47 Å². The minimum atomic E-state index is 0.131. The molecule has 26 heavy (non-hydrogen) atoms. The van der Waals surface area contributed by atoms with Crippen LogP contribution < -0.4 is 9.47 Å². The Morgan fingerprint density at radius 2 is 1.58 bits per heavy atom. The van der Waals surface area contributed by atoms with Gasteiger partial charge in [-0.3, -0.25) is 0 Å². The van der Waals surface area contributed by atoms with Gasteiger partial charge in [-0.05, 0) is 84.3 Å². The van der Waals surface area contributed by atoms with E-state index in [1.54, 1.807) is 7.11 Å². The van der Waals surface area contributed by atoms with E-state index < -0.39 is 0 Å². The van der Waals surface area contributed by atoms with Crippen molar-refractivity contribution in [2.45, 2.75) is 32.8 Å². The Morgan fingerprint density at radius 1 is 0.846 bits per heavy atom. The smallest absolute Gasteiger partial charge is 0.124 e. The fourth-order valence-electron chi connectivity index (χ4n) is 4.10. The van der Waals surface area contributed by atoms with Crippen molar-refractivity contribution in [2.75, 3.05) is 7.11 Å². The highest BCUT2D eigenvalue weighted by atomic mass is 16.5. The summed E-state index contributed by atoms with van der Waals surface area (Å²) in [5.41, 5.74) is 7.90. The molecule has 1 aliphatic carbocycles. The van der Waals surface area contributed by atoms with Crippen molar-refractivity contribution in [1.82, 2.24) is 0 Å². The lowest BCUT2D eigenvalue weighted by atomic mass is 9.90. The second kappa shape index (κ2) is 6.87. The summed E-state index contributed by atoms with van der Waals surface area (Å²) < 4.78 is 11.7. The van der Waals surface area contributed by atoms with Crippen LogP contribution >= 0.6 is 0 Å². The summed E-state index contributed by atoms with van der Waals surface area (Å²) in [6.07, 6.45) is 2.20. The molecule has 0 aromatic heterocycles. The lowest BCUT2D eigenvalue weighted by molar-refractivity contribution is 0.207. The van der Waals surface area contributed by atoms with Gasteiger partial charge in [0.15, 0.2) is 0 Å². The molecule has 3 aromatic rings. The standard InChI is InChI=1S/C24H24O2/c1-16-14-19(25-3)15-17(2)24(16)22-11-7-10-21-20(22)12-13-23(21)26-18-8-5-4-6-9-18/h4-11,14-15,23H,12-13H2,1-3H3/t23-/m1/s1. The van der Waals surface area contributed by atoms with Crippen molar-refractivity contribution < 1.29 is 9.47 Å². The zero-order chi connectivity index (χ0) is 18.1. The van der Waals surface area contributed by atoms with Gasteiger partial charge >= 0.3 is 0 Å². The Morgan fingerprint density at radius 3 is 2.27 bits per heavy atom. The Balaban J connectivity index is 1.74. The summed E-state index contributed by atoms with van der Waals surface area (Å²) in [6, 6.07) is 21.0. The fraction of sp³-hybridized carbons (Fsp3) is 0.250. The highest BCUT2D eigenvalue weighted by Gasteiger charge is 2.27. The molecule has 0 unspecified atom stereocenters. The first-order valence-corrected chi connectivity index (χ1v) is 9.16. The van der Waals surface area contributed by atoms with Crippen LogP contribution in [0.2, 0.25) is 0 Å². The summed E-state index contributed by atoms with van der Waals surface area (Å²) in [5.74, 6) is 1.86. The van der Waals surface area contributed by atoms with Crippen LogP contribution in [0, 0.1) is 13.8 Å². The van der Waals surface area contributed by atoms with E-state index in [-0.39, 0.29) is 6.10 Å². The van der Waals surface area contributed by atoms with Gasteiger partial charge in [0.25, 0.3) is 0 Å². The van der Waals surface area contributed by atoms with E-state index in [1.165, 1.54) is 33.4 Å². The van der Waals surface area contributed by atoms with Crippen LogP contribution in [-0.2, 0) is 6.42 Å². The maximum atomic E-state index is 6.27. The molecule has 0 saturated heterocycles. The zero-order valence-electron chi connectivity index (χ0n) is 15.6. The van der Waals surface area contributed by atoms with E-state index in [2.05, 4.69) is 44.2 Å². The van der Waals surface area contributed by atoms with Gasteiger partial charge in [0.1, 0.15) is 17.6 Å². The molecule has 4 rings (SSSR count). The molecule has 132 valence electrons. The molecule has 0 amide bonds. The minimum Gasteiger partial charge on any atom is -0.497 e. The number of benzene rings is 3. The first kappa shape index (κ1) is 16.7. The van der Waals surface area contributed by atoms with E-state index in [0.29, 0.717) is 0 Å². The lowest BCUT2D eigenvalue weighted by Crippen LogP contribution is -2.03. The van der Waals surface area contributed by atoms with Gasteiger partial charge in [-0.1, -0.05) is 36.4 Å². The summed E-state index contributed by atoms with van der Waals surface area (Å²) in [7, 11) is 1.72. The molecule has 0 radical (unpaired) electrons. The van der Waals surface area contributed by atoms with Crippen LogP contribution in [0.3, 0.4) is 0 Å². The average Bonchev–Trinajstić information content (AvgIpc) is 3.05. The van der Waals surface area contributed by atoms with Gasteiger partial charge in [-0.2, -0.15) is 0 Å². The molecule has 3 aromatic carbocycles. The highest BCUT2D eigenvalue weighted by molar-refractivity contribution is 5.76. The number of aryl methyl sites for hydroxylation is 2. The van der Waals surface area contributed by atoms with E-state index in [9.17, 15) is 0 Å². The molecule has 0 saturated carbocycles. The van der Waals surface area contributed by atoms with Gasteiger partial charge in [0, 0.05) is 0 Å². The Kier molecular flexibility index (Phi) is 4.42. The van der Waals surface area contributed by atoms with Gasteiger partial charge < -0.3 is 9.47 Å². The third kappa shape index (κ3) is 2.96. The van der Waals surface area contributed by atoms with Crippen LogP contribution in [-0.4, -0.2) is 7.11 Å². The monoisotopic (exact) mass is 344 g/mol. The summed E-state index contributed by atoms with van der Waals surface area (Å²) in [4.78, 5) is 0. The summed E-state index contributed by atoms with van der Waals surface area (Å²) >= 11 is 0. The van der Waals surface area contributed by atoms with Crippen molar-refractivity contribution >= 4 is 0 Å². The largest absolute Gasteiger partial charge is 0.497 e. The molecule has 1 atom stereocenters. The van der Waals surface area contributed by atoms with Crippen molar-refractivity contribution in [1.29, 1.82) is 0 Å². The molecule has 0 spiro atoms. The molecular weight excluding hydrogens is 320 g/mol. The molecular formula is C24H24O2. The second-order valence-corrected chi connectivity index (χ2v) is 6.97. The maximum Gasteiger partial charge on any atom is 0.124 e. The Bertz CT molecular complexity index is 905. The third-order valence-electron chi connectivity index (χ3n) is 5.25. The van der Waals surface area contributed by atoms with Gasteiger partial charge in [-0.15, -0.1) is 0 Å². The highest BCUT2D eigenvalue weighted by Crippen LogP contribution is 2.42. The van der Waals surface area contributed by atoms with Crippen molar-refractivity contribution in [3.8, 4) is 22.6 Å². The number of para-hydroxylation sites is 1. The molecule has 2 nitrogen and oxygen atoms in total. The van der Waals surface area contributed by atoms with Crippen LogP contribution in [0.4, 0.5) is 0 Å². The van der Waals surface area contributed by atoms with Crippen LogP contribution in [0.1, 0.15) is 34.8 Å². The Labute approximate surface area is 155 Å². The minimum absolute atomic E-state index is 0.131. The SMILES string of the molecule is COc1cc(C)c(-c2cccc3c2CC[C@H]3Oc2ccccc2)c(C)c1. The number of hydrogen-bond donors (Lipinski definition) is 0. The molecule has 2 heteroatoms. The summed E-state index contributed by atoms with van der Waals surface area (Å²) in [5, 5.41) is 0. The van der Waals surface area contributed by atoms with Gasteiger partial charge in [0.05, 0.1) is 7.11 Å². The van der Waals surface area contributed by atoms with Crippen molar-refractivity contribution in [3.63, 3.8) is 0 Å². The average molecular weight is 344 g/mol. The molecule has 0 aliphatic heterocycles. The number of ether oxygens (including phenoxy) is 2. The van der Waals surface area contributed by atoms with Crippen LogP contribution in [0.15, 0.2) is 60.7 Å². The Hall–Kier alpha value is -2.74. The predicted octanol–water partition coefficient (Wildman–Crippen LogP) is 6.05. The lowest BCUT2D eigenvalue weighted by Gasteiger charge is -2.18. The molecule has 1 aliphatic rings. The van der Waals surface area contributed by atoms with E-state index in [1.807, 2.05) is 30.3 Å². The first-order chi connectivity index (χ1) is 12.7. The predicted molar refractivity (Wildman–Crippen MR) is 106 cm³/mol. The normalized spacial score (nSPS) is 15.6. The quantitative estimate of drug-likeness (QED) is 0.574. The number of hydrogen-bond acceptors (Lipinski definition) is 2. The van der Waals surface area contributed by atoms with Gasteiger partial charge in [0.2, 0.25) is 0 Å².